The fourth-order valence-electron chi connectivity index (χ4n) is 8.21. The van der Waals surface area contributed by atoms with Crippen LogP contribution in [0.25, 0.3) is 0 Å². The summed E-state index contributed by atoms with van der Waals surface area (Å²) < 4.78 is 0. The molecule has 5 aliphatic rings. The number of aliphatic carboxylic acids is 1. The van der Waals surface area contributed by atoms with Crippen LogP contribution in [0.15, 0.2) is 0 Å². The number of hydrogen-bond donors (Lipinski definition) is 1. The molecule has 0 radical (unpaired) electrons. The van der Waals surface area contributed by atoms with Crippen LogP contribution in [0.2, 0.25) is 0 Å². The molecule has 0 bridgehead atoms. The molecule has 3 heterocycles. The van der Waals surface area contributed by atoms with Gasteiger partial charge in [-0.15, -0.1) is 0 Å². The molecule has 134 valence electrons. The molecule has 0 unspecified atom stereocenters. The van der Waals surface area contributed by atoms with Crippen molar-refractivity contribution in [3.63, 3.8) is 0 Å². The first-order chi connectivity index (χ1) is 11.6. The summed E-state index contributed by atoms with van der Waals surface area (Å²) in [6.45, 7) is 4.73. The maximum Gasteiger partial charge on any atom is 1.00 e. The smallest absolute Gasteiger partial charge is 0.550 e. The second kappa shape index (κ2) is 6.48. The molecule has 1 spiro atoms. The van der Waals surface area contributed by atoms with E-state index in [-0.39, 0.29) is 52.3 Å². The minimum atomic E-state index is -0.791. The van der Waals surface area contributed by atoms with Crippen molar-refractivity contribution in [1.82, 2.24) is 10.2 Å². The Kier molecular flexibility index (Phi) is 4.85. The Hall–Kier alpha value is 0.390. The third kappa shape index (κ3) is 2.33. The Bertz CT molecular complexity index is 558. The average molecular weight is 354 g/mol. The van der Waals surface area contributed by atoms with Gasteiger partial charge in [-0.3, -0.25) is 4.90 Å². The summed E-state index contributed by atoms with van der Waals surface area (Å²) in [6, 6.07) is 1.33. The van der Waals surface area contributed by atoms with Gasteiger partial charge in [0.15, 0.2) is 0 Å². The summed E-state index contributed by atoms with van der Waals surface area (Å²) in [5, 5.41) is 16.0. The van der Waals surface area contributed by atoms with Crippen molar-refractivity contribution in [2.75, 3.05) is 13.1 Å². The van der Waals surface area contributed by atoms with E-state index >= 15 is 0 Å². The summed E-state index contributed by atoms with van der Waals surface area (Å²) in [6.07, 6.45) is 10.8. The second-order valence-corrected chi connectivity index (χ2v) is 9.39. The van der Waals surface area contributed by atoms with E-state index in [1.807, 2.05) is 0 Å². The molecule has 0 amide bonds. The fourth-order valence-corrected chi connectivity index (χ4v) is 8.21. The second-order valence-electron chi connectivity index (χ2n) is 9.39. The number of carbonyl (C=O) groups is 1. The van der Waals surface area contributed by atoms with Crippen LogP contribution in [-0.2, 0) is 4.79 Å². The molecule has 3 aliphatic heterocycles. The van der Waals surface area contributed by atoms with E-state index in [4.69, 9.17) is 0 Å². The Morgan fingerprint density at radius 1 is 1.20 bits per heavy atom. The number of carboxylic acids is 1. The van der Waals surface area contributed by atoms with Crippen molar-refractivity contribution in [3.05, 3.63) is 0 Å². The summed E-state index contributed by atoms with van der Waals surface area (Å²) in [7, 11) is 0. The molecule has 5 rings (SSSR count). The number of carbonyl (C=O) groups excluding carboxylic acids is 1. The number of hydrogen-bond acceptors (Lipinski definition) is 4. The number of piperidine rings is 1. The topological polar surface area (TPSA) is 55.4 Å². The van der Waals surface area contributed by atoms with Gasteiger partial charge in [-0.2, -0.15) is 0 Å². The maximum atomic E-state index is 12.1. The zero-order valence-corrected chi connectivity index (χ0v) is 17.9. The van der Waals surface area contributed by atoms with Gasteiger partial charge in [-0.05, 0) is 69.4 Å². The molecule has 2 aliphatic carbocycles. The van der Waals surface area contributed by atoms with Crippen LogP contribution in [0.3, 0.4) is 0 Å². The van der Waals surface area contributed by atoms with E-state index in [1.54, 1.807) is 0 Å². The van der Waals surface area contributed by atoms with E-state index in [1.165, 1.54) is 58.0 Å². The molecular formula is C20H31N2NaO2. The van der Waals surface area contributed by atoms with Gasteiger partial charge < -0.3 is 15.2 Å². The van der Waals surface area contributed by atoms with E-state index in [2.05, 4.69) is 17.1 Å². The van der Waals surface area contributed by atoms with Gasteiger partial charge in [0.2, 0.25) is 0 Å². The van der Waals surface area contributed by atoms with Crippen molar-refractivity contribution >= 4 is 5.97 Å². The van der Waals surface area contributed by atoms with Crippen LogP contribution >= 0.6 is 0 Å². The standard InChI is InChI=1S/C20H32N2O2.Na/c1-2-19-8-5-10-22-11-9-20(18(19)22)14-6-3-4-7-15(14)21-16(20)13(12-19)17(23)24;/h13-16,18,21H,2-12H2,1H3,(H,23,24);/q;+1/p-1/t13-,14-,15+,16-,18-,19-,20-;/m0./s1. The molecule has 5 heteroatoms. The average Bonchev–Trinajstić information content (AvgIpc) is 3.15. The molecule has 0 aromatic heterocycles. The van der Waals surface area contributed by atoms with Crippen LogP contribution < -0.4 is 40.0 Å². The molecule has 0 aromatic rings. The largest absolute Gasteiger partial charge is 1.00 e. The molecule has 0 aromatic carbocycles. The Labute approximate surface area is 173 Å². The molecular weight excluding hydrogens is 323 g/mol. The van der Waals surface area contributed by atoms with Crippen molar-refractivity contribution in [2.45, 2.75) is 82.8 Å². The first-order valence-electron chi connectivity index (χ1n) is 10.3. The Morgan fingerprint density at radius 3 is 2.76 bits per heavy atom. The molecule has 7 atom stereocenters. The van der Waals surface area contributed by atoms with Gasteiger partial charge in [0.05, 0.1) is 0 Å². The normalized spacial score (nSPS) is 51.2. The minimum absolute atomic E-state index is 0. The summed E-state index contributed by atoms with van der Waals surface area (Å²) >= 11 is 0. The van der Waals surface area contributed by atoms with E-state index < -0.39 is 5.97 Å². The molecule has 3 saturated heterocycles. The van der Waals surface area contributed by atoms with E-state index in [0.717, 1.165) is 12.8 Å². The van der Waals surface area contributed by atoms with Gasteiger partial charge in [-0.25, -0.2) is 0 Å². The number of nitrogens with zero attached hydrogens (tertiary/aromatic N) is 1. The van der Waals surface area contributed by atoms with Gasteiger partial charge in [-0.1, -0.05) is 19.8 Å². The number of nitrogens with one attached hydrogen (secondary N) is 1. The van der Waals surface area contributed by atoms with Crippen LogP contribution in [-0.4, -0.2) is 42.1 Å². The van der Waals surface area contributed by atoms with E-state index in [0.29, 0.717) is 18.0 Å². The molecule has 2 saturated carbocycles. The molecule has 1 N–H and O–H groups in total. The van der Waals surface area contributed by atoms with Crippen molar-refractivity contribution in [1.29, 1.82) is 0 Å². The van der Waals surface area contributed by atoms with Crippen LogP contribution in [0, 0.1) is 22.7 Å². The van der Waals surface area contributed by atoms with Gasteiger partial charge in [0.25, 0.3) is 0 Å². The quantitative estimate of drug-likeness (QED) is 0.616. The number of rotatable bonds is 2. The maximum absolute atomic E-state index is 12.1. The predicted molar refractivity (Wildman–Crippen MR) is 90.2 cm³/mol. The van der Waals surface area contributed by atoms with Crippen molar-refractivity contribution in [3.8, 4) is 0 Å². The Morgan fingerprint density at radius 2 is 2.00 bits per heavy atom. The first kappa shape index (κ1) is 18.7. The zero-order valence-electron chi connectivity index (χ0n) is 15.9. The predicted octanol–water partition coefficient (Wildman–Crippen LogP) is -1.46. The SMILES string of the molecule is CC[C@]12CCCN3CC[C@@]4([C@H]5CCCC[C@H]5N[C@H]4[C@@H](C(=O)[O-])C1)[C@@H]32.[Na+]. The third-order valence-electron chi connectivity index (χ3n) is 8.87. The van der Waals surface area contributed by atoms with Gasteiger partial charge in [0.1, 0.15) is 0 Å². The summed E-state index contributed by atoms with van der Waals surface area (Å²) in [4.78, 5) is 14.9. The summed E-state index contributed by atoms with van der Waals surface area (Å²) in [5.41, 5.74) is 0.411. The molecule has 4 nitrogen and oxygen atoms in total. The third-order valence-corrected chi connectivity index (χ3v) is 8.87. The molecule has 5 fully saturated rings. The summed E-state index contributed by atoms with van der Waals surface area (Å²) in [5.74, 6) is -0.386. The van der Waals surface area contributed by atoms with Crippen LogP contribution in [0.5, 0.6) is 0 Å². The number of fused-ring (bicyclic) bond motifs is 1. The van der Waals surface area contributed by atoms with Crippen molar-refractivity contribution < 1.29 is 39.5 Å². The van der Waals surface area contributed by atoms with Gasteiger partial charge in [0, 0.05) is 35.4 Å². The minimum Gasteiger partial charge on any atom is -0.550 e. The first-order valence-corrected chi connectivity index (χ1v) is 10.3. The number of carboxylic acid groups (broad SMARTS) is 1. The monoisotopic (exact) mass is 354 g/mol. The van der Waals surface area contributed by atoms with Gasteiger partial charge >= 0.3 is 29.6 Å². The Balaban J connectivity index is 0.00000157. The van der Waals surface area contributed by atoms with Crippen LogP contribution in [0.4, 0.5) is 0 Å². The fraction of sp³-hybridized carbons (Fsp3) is 0.950. The van der Waals surface area contributed by atoms with Crippen molar-refractivity contribution in [2.24, 2.45) is 22.7 Å². The zero-order chi connectivity index (χ0) is 16.5. The van der Waals surface area contributed by atoms with E-state index in [9.17, 15) is 9.90 Å². The van der Waals surface area contributed by atoms with Crippen LogP contribution in [0.1, 0.15) is 64.7 Å². The molecule has 25 heavy (non-hydrogen) atoms.